The highest BCUT2D eigenvalue weighted by molar-refractivity contribution is 5.20. The highest BCUT2D eigenvalue weighted by atomic mass is 19.2. The predicted octanol–water partition coefficient (Wildman–Crippen LogP) is 2.26. The molecular weight excluding hydrogens is 212 g/mol. The van der Waals surface area contributed by atoms with Crippen molar-refractivity contribution in [3.63, 3.8) is 0 Å². The van der Waals surface area contributed by atoms with E-state index in [2.05, 4.69) is 0 Å². The summed E-state index contributed by atoms with van der Waals surface area (Å²) >= 11 is 0. The highest BCUT2D eigenvalue weighted by Gasteiger charge is 2.27. The standard InChI is InChI=1S/C12H17F2NO/c1-12(2,16-3)10(15)7-8-5-4-6-9(13)11(8)14/h4-6,10H,7,15H2,1-3H3. The van der Waals surface area contributed by atoms with E-state index in [1.807, 2.05) is 13.8 Å². The molecule has 0 aliphatic heterocycles. The van der Waals surface area contributed by atoms with Crippen LogP contribution in [0.25, 0.3) is 0 Å². The van der Waals surface area contributed by atoms with Gasteiger partial charge in [0.15, 0.2) is 11.6 Å². The zero-order valence-corrected chi connectivity index (χ0v) is 9.76. The van der Waals surface area contributed by atoms with E-state index in [9.17, 15) is 8.78 Å². The van der Waals surface area contributed by atoms with Crippen molar-refractivity contribution in [3.05, 3.63) is 35.4 Å². The minimum Gasteiger partial charge on any atom is -0.377 e. The number of methoxy groups -OCH3 is 1. The summed E-state index contributed by atoms with van der Waals surface area (Å²) < 4.78 is 31.5. The van der Waals surface area contributed by atoms with E-state index in [-0.39, 0.29) is 12.0 Å². The molecule has 0 aliphatic carbocycles. The lowest BCUT2D eigenvalue weighted by Gasteiger charge is -2.30. The Bertz CT molecular complexity index is 366. The largest absolute Gasteiger partial charge is 0.377 e. The third-order valence-corrected chi connectivity index (χ3v) is 2.89. The summed E-state index contributed by atoms with van der Waals surface area (Å²) in [6.07, 6.45) is 0.241. The lowest BCUT2D eigenvalue weighted by Crippen LogP contribution is -2.46. The van der Waals surface area contributed by atoms with Gasteiger partial charge in [-0.3, -0.25) is 0 Å². The fraction of sp³-hybridized carbons (Fsp3) is 0.500. The lowest BCUT2D eigenvalue weighted by atomic mass is 9.93. The number of rotatable bonds is 4. The molecule has 90 valence electrons. The minimum atomic E-state index is -0.847. The van der Waals surface area contributed by atoms with E-state index in [4.69, 9.17) is 10.5 Å². The van der Waals surface area contributed by atoms with E-state index < -0.39 is 23.3 Å². The van der Waals surface area contributed by atoms with Crippen molar-refractivity contribution < 1.29 is 13.5 Å². The van der Waals surface area contributed by atoms with Gasteiger partial charge in [-0.15, -0.1) is 0 Å². The van der Waals surface area contributed by atoms with Gasteiger partial charge in [-0.05, 0) is 31.9 Å². The van der Waals surface area contributed by atoms with Crippen LogP contribution in [0.1, 0.15) is 19.4 Å². The first-order valence-corrected chi connectivity index (χ1v) is 5.12. The third-order valence-electron chi connectivity index (χ3n) is 2.89. The fourth-order valence-corrected chi connectivity index (χ4v) is 1.34. The molecule has 16 heavy (non-hydrogen) atoms. The van der Waals surface area contributed by atoms with Crippen LogP contribution in [0.4, 0.5) is 8.78 Å². The molecule has 0 aliphatic rings. The van der Waals surface area contributed by atoms with Crippen LogP contribution in [0, 0.1) is 11.6 Å². The van der Waals surface area contributed by atoms with Crippen LogP contribution in [0.5, 0.6) is 0 Å². The number of halogens is 2. The molecule has 0 amide bonds. The number of benzene rings is 1. The molecule has 0 heterocycles. The molecule has 0 fully saturated rings. The Hall–Kier alpha value is -1.00. The quantitative estimate of drug-likeness (QED) is 0.859. The molecule has 0 spiro atoms. The molecule has 0 saturated heterocycles. The molecule has 0 saturated carbocycles. The van der Waals surface area contributed by atoms with Crippen LogP contribution < -0.4 is 5.73 Å². The average Bonchev–Trinajstić information content (AvgIpc) is 2.24. The van der Waals surface area contributed by atoms with Crippen LogP contribution in [-0.2, 0) is 11.2 Å². The maximum atomic E-state index is 13.4. The van der Waals surface area contributed by atoms with Gasteiger partial charge >= 0.3 is 0 Å². The first-order chi connectivity index (χ1) is 7.38. The van der Waals surface area contributed by atoms with Crippen molar-refractivity contribution in [2.24, 2.45) is 5.73 Å². The predicted molar refractivity (Wildman–Crippen MR) is 59.1 cm³/mol. The molecule has 1 atom stereocenters. The number of nitrogens with two attached hydrogens (primary N) is 1. The van der Waals surface area contributed by atoms with Gasteiger partial charge in [-0.1, -0.05) is 12.1 Å². The maximum absolute atomic E-state index is 13.4. The van der Waals surface area contributed by atoms with Crippen molar-refractivity contribution in [2.45, 2.75) is 31.9 Å². The molecule has 1 aromatic rings. The van der Waals surface area contributed by atoms with Gasteiger partial charge in [-0.2, -0.15) is 0 Å². The van der Waals surface area contributed by atoms with Crippen LogP contribution in [0.2, 0.25) is 0 Å². The normalized spacial score (nSPS) is 13.9. The minimum absolute atomic E-state index is 0.241. The van der Waals surface area contributed by atoms with Gasteiger partial charge in [0.05, 0.1) is 5.60 Å². The average molecular weight is 229 g/mol. The summed E-state index contributed by atoms with van der Waals surface area (Å²) in [5.74, 6) is -1.68. The molecule has 1 rings (SSSR count). The smallest absolute Gasteiger partial charge is 0.162 e. The van der Waals surface area contributed by atoms with Crippen LogP contribution >= 0.6 is 0 Å². The van der Waals surface area contributed by atoms with Gasteiger partial charge in [0.1, 0.15) is 0 Å². The Morgan fingerprint density at radius 3 is 2.56 bits per heavy atom. The molecule has 2 N–H and O–H groups in total. The summed E-state index contributed by atoms with van der Waals surface area (Å²) in [4.78, 5) is 0. The summed E-state index contributed by atoms with van der Waals surface area (Å²) in [6.45, 7) is 3.63. The summed E-state index contributed by atoms with van der Waals surface area (Å²) in [6, 6.07) is 3.70. The van der Waals surface area contributed by atoms with Gasteiger partial charge in [0, 0.05) is 13.2 Å². The SMILES string of the molecule is COC(C)(C)C(N)Cc1cccc(F)c1F. The van der Waals surface area contributed by atoms with E-state index >= 15 is 0 Å². The van der Waals surface area contributed by atoms with Gasteiger partial charge < -0.3 is 10.5 Å². The van der Waals surface area contributed by atoms with Crippen molar-refractivity contribution in [1.29, 1.82) is 0 Å². The van der Waals surface area contributed by atoms with E-state index in [0.717, 1.165) is 6.07 Å². The number of hydrogen-bond donors (Lipinski definition) is 1. The van der Waals surface area contributed by atoms with Crippen molar-refractivity contribution in [3.8, 4) is 0 Å². The zero-order chi connectivity index (χ0) is 12.3. The second kappa shape index (κ2) is 4.89. The Labute approximate surface area is 94.4 Å². The van der Waals surface area contributed by atoms with Crippen LogP contribution in [-0.4, -0.2) is 18.8 Å². The number of ether oxygens (including phenoxy) is 1. The monoisotopic (exact) mass is 229 g/mol. The molecular formula is C12H17F2NO. The van der Waals surface area contributed by atoms with Crippen molar-refractivity contribution in [2.75, 3.05) is 7.11 Å². The molecule has 4 heteroatoms. The van der Waals surface area contributed by atoms with Crippen LogP contribution in [0.3, 0.4) is 0 Å². The van der Waals surface area contributed by atoms with E-state index in [0.29, 0.717) is 0 Å². The molecule has 0 aromatic heterocycles. The maximum Gasteiger partial charge on any atom is 0.162 e. The Kier molecular flexibility index (Phi) is 3.99. The molecule has 0 radical (unpaired) electrons. The summed E-state index contributed by atoms with van der Waals surface area (Å²) in [7, 11) is 1.54. The Morgan fingerprint density at radius 1 is 1.38 bits per heavy atom. The molecule has 0 bridgehead atoms. The van der Waals surface area contributed by atoms with E-state index in [1.54, 1.807) is 7.11 Å². The Balaban J connectivity index is 2.85. The number of hydrogen-bond acceptors (Lipinski definition) is 2. The highest BCUT2D eigenvalue weighted by Crippen LogP contribution is 2.19. The fourth-order valence-electron chi connectivity index (χ4n) is 1.34. The summed E-state index contributed by atoms with van der Waals surface area (Å²) in [5.41, 5.74) is 5.60. The summed E-state index contributed by atoms with van der Waals surface area (Å²) in [5, 5.41) is 0. The first kappa shape index (κ1) is 13.1. The first-order valence-electron chi connectivity index (χ1n) is 5.12. The molecule has 1 unspecified atom stereocenters. The van der Waals surface area contributed by atoms with Crippen LogP contribution in [0.15, 0.2) is 18.2 Å². The molecule has 1 aromatic carbocycles. The molecule has 2 nitrogen and oxygen atoms in total. The van der Waals surface area contributed by atoms with Crippen molar-refractivity contribution >= 4 is 0 Å². The van der Waals surface area contributed by atoms with Gasteiger partial charge in [0.2, 0.25) is 0 Å². The second-order valence-electron chi connectivity index (χ2n) is 4.33. The zero-order valence-electron chi connectivity index (χ0n) is 9.76. The van der Waals surface area contributed by atoms with Gasteiger partial charge in [-0.25, -0.2) is 8.78 Å². The topological polar surface area (TPSA) is 35.2 Å². The second-order valence-corrected chi connectivity index (χ2v) is 4.33. The lowest BCUT2D eigenvalue weighted by molar-refractivity contribution is 0.000604. The van der Waals surface area contributed by atoms with Gasteiger partial charge in [0.25, 0.3) is 0 Å². The third kappa shape index (κ3) is 2.77. The van der Waals surface area contributed by atoms with Crippen molar-refractivity contribution in [1.82, 2.24) is 0 Å². The Morgan fingerprint density at radius 2 is 2.00 bits per heavy atom. The van der Waals surface area contributed by atoms with E-state index in [1.165, 1.54) is 12.1 Å².